The third-order valence-electron chi connectivity index (χ3n) is 5.08. The molecule has 1 aliphatic heterocycles. The van der Waals surface area contributed by atoms with Crippen molar-refractivity contribution in [1.82, 2.24) is 15.5 Å². The molecule has 0 aliphatic carbocycles. The van der Waals surface area contributed by atoms with Gasteiger partial charge in [-0.2, -0.15) is 13.2 Å². The molecule has 1 fully saturated rings. The molecule has 1 heterocycles. The highest BCUT2D eigenvalue weighted by molar-refractivity contribution is 5.81. The Kier molecular flexibility index (Phi) is 6.36. The van der Waals surface area contributed by atoms with Crippen LogP contribution in [0.3, 0.4) is 0 Å². The van der Waals surface area contributed by atoms with Crippen LogP contribution in [-0.4, -0.2) is 36.5 Å². The topological polar surface area (TPSA) is 44.4 Å². The van der Waals surface area contributed by atoms with Gasteiger partial charge < -0.3 is 10.6 Å². The predicted molar refractivity (Wildman–Crippen MR) is 101 cm³/mol. The maximum Gasteiger partial charge on any atom is 0.416 e. The summed E-state index contributed by atoms with van der Waals surface area (Å²) in [6, 6.07) is 15.1. The fourth-order valence-electron chi connectivity index (χ4n) is 3.69. The van der Waals surface area contributed by atoms with Gasteiger partial charge in [-0.3, -0.25) is 9.69 Å². The monoisotopic (exact) mass is 391 g/mol. The number of halogens is 3. The Labute approximate surface area is 162 Å². The first kappa shape index (κ1) is 20.4. The van der Waals surface area contributed by atoms with Crippen LogP contribution in [0.4, 0.5) is 13.2 Å². The molecule has 28 heavy (non-hydrogen) atoms. The van der Waals surface area contributed by atoms with E-state index in [4.69, 9.17) is 0 Å². The quantitative estimate of drug-likeness (QED) is 0.795. The largest absolute Gasteiger partial charge is 0.416 e. The molecule has 2 N–H and O–H groups in total. The van der Waals surface area contributed by atoms with Crippen molar-refractivity contribution in [3.63, 3.8) is 0 Å². The van der Waals surface area contributed by atoms with Gasteiger partial charge in [0.1, 0.15) is 0 Å². The lowest BCUT2D eigenvalue weighted by atomic mass is 10.1. The number of nitrogens with one attached hydrogen (secondary N) is 2. The highest BCUT2D eigenvalue weighted by Crippen LogP contribution is 2.32. The third kappa shape index (κ3) is 4.91. The smallest absolute Gasteiger partial charge is 0.358 e. The maximum atomic E-state index is 13.2. The highest BCUT2D eigenvalue weighted by atomic mass is 19.4. The summed E-state index contributed by atoms with van der Waals surface area (Å²) in [4.78, 5) is 14.4. The number of amides is 1. The van der Waals surface area contributed by atoms with Crippen LogP contribution in [-0.2, 0) is 24.1 Å². The first-order chi connectivity index (χ1) is 13.4. The Morgan fingerprint density at radius 2 is 1.79 bits per heavy atom. The number of carbonyl (C=O) groups is 1. The molecule has 150 valence electrons. The molecule has 3 rings (SSSR count). The molecule has 0 spiro atoms. The Morgan fingerprint density at radius 1 is 1.11 bits per heavy atom. The van der Waals surface area contributed by atoms with Crippen molar-refractivity contribution < 1.29 is 18.0 Å². The van der Waals surface area contributed by atoms with E-state index >= 15 is 0 Å². The summed E-state index contributed by atoms with van der Waals surface area (Å²) in [5, 5.41) is 5.90. The van der Waals surface area contributed by atoms with Gasteiger partial charge in [0, 0.05) is 32.7 Å². The molecular weight excluding hydrogens is 367 g/mol. The van der Waals surface area contributed by atoms with E-state index in [0.29, 0.717) is 19.5 Å². The van der Waals surface area contributed by atoms with E-state index < -0.39 is 11.7 Å². The van der Waals surface area contributed by atoms with E-state index in [1.807, 2.05) is 30.3 Å². The van der Waals surface area contributed by atoms with Crippen LogP contribution in [0.1, 0.15) is 23.1 Å². The Morgan fingerprint density at radius 3 is 2.46 bits per heavy atom. The SMILES string of the molecule is CNC(=O)[C@@H]1C[C@H](NCc2ccccc2C(F)(F)F)CN1Cc1ccccc1. The zero-order valence-corrected chi connectivity index (χ0v) is 15.7. The molecule has 0 bridgehead atoms. The summed E-state index contributed by atoms with van der Waals surface area (Å²) in [6.07, 6.45) is -3.82. The summed E-state index contributed by atoms with van der Waals surface area (Å²) in [7, 11) is 1.60. The minimum atomic E-state index is -4.38. The lowest BCUT2D eigenvalue weighted by Gasteiger charge is -2.22. The molecule has 2 aromatic rings. The fraction of sp³-hybridized carbons (Fsp3) is 0.381. The molecule has 4 nitrogen and oxygen atoms in total. The molecule has 0 radical (unpaired) electrons. The van der Waals surface area contributed by atoms with Crippen molar-refractivity contribution in [3.05, 3.63) is 71.3 Å². The van der Waals surface area contributed by atoms with Gasteiger partial charge in [-0.1, -0.05) is 48.5 Å². The lowest BCUT2D eigenvalue weighted by Crippen LogP contribution is -2.41. The van der Waals surface area contributed by atoms with Crippen LogP contribution in [0.25, 0.3) is 0 Å². The molecule has 2 atom stereocenters. The van der Waals surface area contributed by atoms with Crippen molar-refractivity contribution in [2.75, 3.05) is 13.6 Å². The lowest BCUT2D eigenvalue weighted by molar-refractivity contribution is -0.138. The van der Waals surface area contributed by atoms with Crippen LogP contribution in [0.15, 0.2) is 54.6 Å². The van der Waals surface area contributed by atoms with Crippen molar-refractivity contribution in [3.8, 4) is 0 Å². The van der Waals surface area contributed by atoms with Gasteiger partial charge in [0.05, 0.1) is 11.6 Å². The van der Waals surface area contributed by atoms with Crippen LogP contribution >= 0.6 is 0 Å². The zero-order valence-electron chi connectivity index (χ0n) is 15.7. The van der Waals surface area contributed by atoms with Gasteiger partial charge in [0.2, 0.25) is 5.91 Å². The van der Waals surface area contributed by atoms with E-state index in [1.54, 1.807) is 13.1 Å². The van der Waals surface area contributed by atoms with Gasteiger partial charge in [0.15, 0.2) is 0 Å². The van der Waals surface area contributed by atoms with E-state index in [0.717, 1.165) is 11.6 Å². The highest BCUT2D eigenvalue weighted by Gasteiger charge is 2.37. The Balaban J connectivity index is 1.68. The summed E-state index contributed by atoms with van der Waals surface area (Å²) >= 11 is 0. The molecule has 7 heteroatoms. The van der Waals surface area contributed by atoms with Crippen molar-refractivity contribution in [1.29, 1.82) is 0 Å². The Hall–Kier alpha value is -2.38. The number of benzene rings is 2. The van der Waals surface area contributed by atoms with Gasteiger partial charge in [-0.05, 0) is 23.6 Å². The van der Waals surface area contributed by atoms with Crippen LogP contribution < -0.4 is 10.6 Å². The van der Waals surface area contributed by atoms with Crippen molar-refractivity contribution >= 4 is 5.91 Å². The minimum absolute atomic E-state index is 0.0627. The average Bonchev–Trinajstić information content (AvgIpc) is 3.08. The number of likely N-dealkylation sites (N-methyl/N-ethyl adjacent to an activating group) is 1. The molecule has 1 saturated heterocycles. The number of likely N-dealkylation sites (tertiary alicyclic amines) is 1. The Bertz CT molecular complexity index is 795. The third-order valence-corrected chi connectivity index (χ3v) is 5.08. The number of nitrogens with zero attached hydrogens (tertiary/aromatic N) is 1. The summed E-state index contributed by atoms with van der Waals surface area (Å²) < 4.78 is 39.5. The molecule has 0 saturated carbocycles. The maximum absolute atomic E-state index is 13.2. The standard InChI is InChI=1S/C21H24F3N3O/c1-25-20(28)19-11-17(14-27(19)13-15-7-3-2-4-8-15)26-12-16-9-5-6-10-18(16)21(22,23)24/h2-10,17,19,26H,11-14H2,1H3,(H,25,28)/t17-,19-/m0/s1. The van der Waals surface area contributed by atoms with Crippen molar-refractivity contribution in [2.24, 2.45) is 0 Å². The van der Waals surface area contributed by atoms with E-state index in [1.165, 1.54) is 12.1 Å². The summed E-state index contributed by atoms with van der Waals surface area (Å²) in [5.74, 6) is -0.0732. The van der Waals surface area contributed by atoms with Gasteiger partial charge in [0.25, 0.3) is 0 Å². The summed E-state index contributed by atoms with van der Waals surface area (Å²) in [5.41, 5.74) is 0.692. The number of rotatable bonds is 6. The van der Waals surface area contributed by atoms with Gasteiger partial charge in [-0.25, -0.2) is 0 Å². The van der Waals surface area contributed by atoms with Crippen LogP contribution in [0.5, 0.6) is 0 Å². The fourth-order valence-corrected chi connectivity index (χ4v) is 3.69. The average molecular weight is 391 g/mol. The van der Waals surface area contributed by atoms with Gasteiger partial charge in [-0.15, -0.1) is 0 Å². The number of hydrogen-bond acceptors (Lipinski definition) is 3. The number of carbonyl (C=O) groups excluding carboxylic acids is 1. The second-order valence-corrected chi connectivity index (χ2v) is 7.01. The first-order valence-corrected chi connectivity index (χ1v) is 9.26. The second-order valence-electron chi connectivity index (χ2n) is 7.01. The normalized spacial score (nSPS) is 20.3. The van der Waals surface area contributed by atoms with Crippen LogP contribution in [0.2, 0.25) is 0 Å². The van der Waals surface area contributed by atoms with Crippen LogP contribution in [0, 0.1) is 0 Å². The van der Waals surface area contributed by atoms with E-state index in [9.17, 15) is 18.0 Å². The molecule has 1 aliphatic rings. The van der Waals surface area contributed by atoms with Gasteiger partial charge >= 0.3 is 6.18 Å². The van der Waals surface area contributed by atoms with E-state index in [2.05, 4.69) is 15.5 Å². The molecule has 2 aromatic carbocycles. The number of hydrogen-bond donors (Lipinski definition) is 2. The molecule has 0 aromatic heterocycles. The first-order valence-electron chi connectivity index (χ1n) is 9.26. The molecule has 0 unspecified atom stereocenters. The predicted octanol–water partition coefficient (Wildman–Crippen LogP) is 3.18. The molecule has 1 amide bonds. The zero-order chi connectivity index (χ0) is 20.1. The molecular formula is C21H24F3N3O. The minimum Gasteiger partial charge on any atom is -0.358 e. The summed E-state index contributed by atoms with van der Waals surface area (Å²) in [6.45, 7) is 1.33. The van der Waals surface area contributed by atoms with E-state index in [-0.39, 0.29) is 30.1 Å². The van der Waals surface area contributed by atoms with Crippen molar-refractivity contribution in [2.45, 2.75) is 37.8 Å². The number of alkyl halides is 3. The second kappa shape index (κ2) is 8.75.